The molecule has 314 valence electrons. The minimum absolute atomic E-state index is 0.0819. The van der Waals surface area contributed by atoms with Crippen molar-refractivity contribution in [1.82, 2.24) is 0 Å². The summed E-state index contributed by atoms with van der Waals surface area (Å²) in [5, 5.41) is 18.3. The number of hydrogen-bond donors (Lipinski definition) is 3. The molecule has 3 atom stereocenters. The van der Waals surface area contributed by atoms with Gasteiger partial charge in [-0.2, -0.15) is 0 Å². The zero-order chi connectivity index (χ0) is 40.5. The molecule has 10 nitrogen and oxygen atoms in total. The van der Waals surface area contributed by atoms with Gasteiger partial charge in [0, 0.05) is 12.5 Å². The molecule has 0 rings (SSSR count). The third-order valence-corrected chi connectivity index (χ3v) is 9.09. The first-order chi connectivity index (χ1) is 26.7. The molecule has 0 aliphatic carbocycles. The van der Waals surface area contributed by atoms with E-state index >= 15 is 0 Å². The Morgan fingerprint density at radius 3 is 1.69 bits per heavy atom. The predicted octanol–water partition coefficient (Wildman–Crippen LogP) is 10.7. The summed E-state index contributed by atoms with van der Waals surface area (Å²) in [5.74, 6) is -1.25. The van der Waals surface area contributed by atoms with Crippen LogP contribution in [0.1, 0.15) is 142 Å². The Hall–Kier alpha value is -2.85. The third kappa shape index (κ3) is 39.2. The predicted molar refractivity (Wildman–Crippen MR) is 223 cm³/mol. The standard InChI is InChI=1S/C44H73O10P/c1-3-5-7-9-11-13-15-17-19-20-22-24-26-28-30-32-34-36-44(48)54-42(40-53-55(49,50)52-38-41(46)37-45)39-51-43(47)35-33-31-29-27-25-23-21-18-16-14-12-10-8-6-4-2/h5,7,11,13,17,19,22,24,28-31,33,35,41-42,45-46H,3-4,6,8-10,12,14-16,18,20-21,23,25-27,32,34,36-40H2,1-2H3,(H,49,50)/b7-5+,13-11+,19-17+,24-22+,30-28+,31-29+,35-33+/t41-,42+/m0/s1. The number of aliphatic hydroxyl groups excluding tert-OH is 2. The number of hydrogen-bond acceptors (Lipinski definition) is 9. The number of ether oxygens (including phenoxy) is 2. The van der Waals surface area contributed by atoms with Gasteiger partial charge in [-0.1, -0.05) is 157 Å². The summed E-state index contributed by atoms with van der Waals surface area (Å²) >= 11 is 0. The summed E-state index contributed by atoms with van der Waals surface area (Å²) in [4.78, 5) is 34.8. The molecule has 1 unspecified atom stereocenters. The van der Waals surface area contributed by atoms with Crippen molar-refractivity contribution < 1.29 is 47.8 Å². The number of carbonyl (C=O) groups is 2. The van der Waals surface area contributed by atoms with Crippen molar-refractivity contribution in [3.05, 3.63) is 85.1 Å². The second-order valence-corrected chi connectivity index (χ2v) is 14.8. The molecule has 0 fully saturated rings. The lowest BCUT2D eigenvalue weighted by molar-refractivity contribution is -0.159. The van der Waals surface area contributed by atoms with Crippen molar-refractivity contribution in [2.75, 3.05) is 26.4 Å². The minimum atomic E-state index is -4.66. The van der Waals surface area contributed by atoms with E-state index in [0.29, 0.717) is 12.8 Å². The van der Waals surface area contributed by atoms with Crippen LogP contribution in [-0.2, 0) is 32.7 Å². The molecule has 0 aromatic carbocycles. The third-order valence-electron chi connectivity index (χ3n) is 8.14. The van der Waals surface area contributed by atoms with Gasteiger partial charge in [-0.25, -0.2) is 9.36 Å². The Bertz CT molecular complexity index is 1190. The van der Waals surface area contributed by atoms with Crippen LogP contribution < -0.4 is 0 Å². The smallest absolute Gasteiger partial charge is 0.458 e. The number of carbonyl (C=O) groups excluding carboxylic acids is 2. The molecule has 0 heterocycles. The highest BCUT2D eigenvalue weighted by atomic mass is 31.2. The lowest BCUT2D eigenvalue weighted by Crippen LogP contribution is -2.29. The van der Waals surface area contributed by atoms with Gasteiger partial charge in [-0.3, -0.25) is 13.8 Å². The van der Waals surface area contributed by atoms with E-state index in [0.717, 1.165) is 44.9 Å². The molecule has 0 spiro atoms. The fraction of sp³-hybridized carbons (Fsp3) is 0.636. The van der Waals surface area contributed by atoms with Gasteiger partial charge in [0.15, 0.2) is 6.10 Å². The summed E-state index contributed by atoms with van der Waals surface area (Å²) in [6.07, 6.45) is 46.2. The second-order valence-electron chi connectivity index (χ2n) is 13.4. The minimum Gasteiger partial charge on any atom is -0.458 e. The molecular formula is C44H73O10P. The van der Waals surface area contributed by atoms with Crippen LogP contribution in [0.5, 0.6) is 0 Å². The molecular weight excluding hydrogens is 719 g/mol. The van der Waals surface area contributed by atoms with E-state index in [9.17, 15) is 24.2 Å². The summed E-state index contributed by atoms with van der Waals surface area (Å²) < 4.78 is 32.4. The molecule has 3 N–H and O–H groups in total. The molecule has 0 aromatic rings. The van der Waals surface area contributed by atoms with Crippen LogP contribution in [-0.4, -0.2) is 65.7 Å². The first-order valence-corrected chi connectivity index (χ1v) is 22.1. The topological polar surface area (TPSA) is 149 Å². The number of esters is 2. The fourth-order valence-corrected chi connectivity index (χ4v) is 5.79. The molecule has 0 saturated heterocycles. The largest absolute Gasteiger partial charge is 0.472 e. The highest BCUT2D eigenvalue weighted by Gasteiger charge is 2.27. The number of unbranched alkanes of at least 4 members (excludes halogenated alkanes) is 12. The Morgan fingerprint density at radius 1 is 0.618 bits per heavy atom. The zero-order valence-electron chi connectivity index (χ0n) is 33.9. The van der Waals surface area contributed by atoms with Crippen molar-refractivity contribution >= 4 is 19.8 Å². The summed E-state index contributed by atoms with van der Waals surface area (Å²) in [5.41, 5.74) is 0. The molecule has 0 aromatic heterocycles. The zero-order valence-corrected chi connectivity index (χ0v) is 34.7. The lowest BCUT2D eigenvalue weighted by Gasteiger charge is -2.20. The molecule has 0 radical (unpaired) electrons. The Balaban J connectivity index is 4.55. The monoisotopic (exact) mass is 792 g/mol. The van der Waals surface area contributed by atoms with Crippen molar-refractivity contribution in [1.29, 1.82) is 0 Å². The van der Waals surface area contributed by atoms with Gasteiger partial charge in [0.2, 0.25) is 0 Å². The fourth-order valence-electron chi connectivity index (χ4n) is 5.00. The molecule has 55 heavy (non-hydrogen) atoms. The maximum Gasteiger partial charge on any atom is 0.472 e. The number of aliphatic hydroxyl groups is 2. The van der Waals surface area contributed by atoms with Gasteiger partial charge in [0.05, 0.1) is 19.8 Å². The average molecular weight is 793 g/mol. The van der Waals surface area contributed by atoms with Crippen molar-refractivity contribution in [2.24, 2.45) is 0 Å². The summed E-state index contributed by atoms with van der Waals surface area (Å²) in [6.45, 7) is 2.05. The van der Waals surface area contributed by atoms with Crippen molar-refractivity contribution in [3.8, 4) is 0 Å². The quantitative estimate of drug-likeness (QED) is 0.0139. The number of phosphoric ester groups is 1. The first kappa shape index (κ1) is 52.2. The highest BCUT2D eigenvalue weighted by molar-refractivity contribution is 7.47. The second kappa shape index (κ2) is 39.4. The number of rotatable bonds is 37. The SMILES string of the molecule is CC/C=C/C/C=C/C/C=C/C/C=C/C/C=C/CCCC(=O)O[C@H](COC(=O)/C=C/C=C/CCCCCCCCCCCCC)COP(=O)(O)OC[C@@H](O)CO. The first-order valence-electron chi connectivity index (χ1n) is 20.6. The molecule has 0 aliphatic heterocycles. The Morgan fingerprint density at radius 2 is 1.13 bits per heavy atom. The van der Waals surface area contributed by atoms with Crippen molar-refractivity contribution in [2.45, 2.75) is 154 Å². The van der Waals surface area contributed by atoms with E-state index in [1.54, 1.807) is 12.2 Å². The lowest BCUT2D eigenvalue weighted by atomic mass is 10.1. The maximum absolute atomic E-state index is 12.6. The van der Waals surface area contributed by atoms with Crippen LogP contribution in [0.25, 0.3) is 0 Å². The molecule has 0 bridgehead atoms. The van der Waals surface area contributed by atoms with E-state index < -0.39 is 58.4 Å². The molecule has 0 saturated carbocycles. The molecule has 11 heteroatoms. The Labute approximate surface area is 332 Å². The van der Waals surface area contributed by atoms with Gasteiger partial charge in [-0.05, 0) is 57.8 Å². The van der Waals surface area contributed by atoms with E-state index in [2.05, 4.69) is 67.0 Å². The summed E-state index contributed by atoms with van der Waals surface area (Å²) in [7, 11) is -4.66. The molecule has 0 aliphatic rings. The van der Waals surface area contributed by atoms with Crippen LogP contribution in [0.15, 0.2) is 85.1 Å². The van der Waals surface area contributed by atoms with E-state index in [-0.39, 0.29) is 6.42 Å². The van der Waals surface area contributed by atoms with E-state index in [4.69, 9.17) is 19.1 Å². The average Bonchev–Trinajstić information content (AvgIpc) is 3.17. The van der Waals surface area contributed by atoms with Gasteiger partial charge in [0.1, 0.15) is 12.7 Å². The van der Waals surface area contributed by atoms with E-state index in [1.807, 2.05) is 18.2 Å². The number of allylic oxidation sites excluding steroid dienone is 13. The Kier molecular flexibility index (Phi) is 37.3. The van der Waals surface area contributed by atoms with Crippen LogP contribution in [0.3, 0.4) is 0 Å². The van der Waals surface area contributed by atoms with Crippen LogP contribution in [0.2, 0.25) is 0 Å². The van der Waals surface area contributed by atoms with Gasteiger partial charge >= 0.3 is 19.8 Å². The van der Waals surface area contributed by atoms with Gasteiger partial charge in [0.25, 0.3) is 0 Å². The van der Waals surface area contributed by atoms with Gasteiger partial charge < -0.3 is 24.6 Å². The van der Waals surface area contributed by atoms with Gasteiger partial charge in [-0.15, -0.1) is 0 Å². The summed E-state index contributed by atoms with van der Waals surface area (Å²) in [6, 6.07) is 0. The highest BCUT2D eigenvalue weighted by Crippen LogP contribution is 2.43. The molecule has 0 amide bonds. The van der Waals surface area contributed by atoms with Crippen LogP contribution >= 0.6 is 7.82 Å². The number of phosphoric acid groups is 1. The van der Waals surface area contributed by atoms with Crippen LogP contribution in [0.4, 0.5) is 0 Å². The normalized spacial score (nSPS) is 14.8. The van der Waals surface area contributed by atoms with Crippen molar-refractivity contribution in [3.63, 3.8) is 0 Å². The van der Waals surface area contributed by atoms with Crippen LogP contribution in [0, 0.1) is 0 Å². The van der Waals surface area contributed by atoms with E-state index in [1.165, 1.54) is 70.3 Å². The maximum atomic E-state index is 12.6.